The molecule has 1 unspecified atom stereocenters. The molecule has 0 radical (unpaired) electrons. The zero-order valence-electron chi connectivity index (χ0n) is 11.6. The first kappa shape index (κ1) is 15.4. The molecule has 112 valence electrons. The second-order valence-electron chi connectivity index (χ2n) is 4.80. The molecule has 6 nitrogen and oxygen atoms in total. The van der Waals surface area contributed by atoms with Crippen LogP contribution in [0.2, 0.25) is 0 Å². The summed E-state index contributed by atoms with van der Waals surface area (Å²) in [6.45, 7) is 0. The monoisotopic (exact) mass is 308 g/mol. The first-order valence-corrected chi connectivity index (χ1v) is 7.64. The van der Waals surface area contributed by atoms with Crippen LogP contribution in [0, 0.1) is 10.1 Å². The van der Waals surface area contributed by atoms with Gasteiger partial charge in [0.05, 0.1) is 4.92 Å². The molecule has 1 N–H and O–H groups in total. The zero-order valence-corrected chi connectivity index (χ0v) is 12.4. The number of non-ortho nitro benzene ring substituents is 1. The number of aliphatic carboxylic acids is 1. The Morgan fingerprint density at radius 3 is 2.90 bits per heavy atom. The number of nitrogens with zero attached hydrogens (tertiary/aromatic N) is 2. The summed E-state index contributed by atoms with van der Waals surface area (Å²) in [5.74, 6) is 1.03. The topological polar surface area (TPSA) is 83.7 Å². The van der Waals surface area contributed by atoms with Crippen molar-refractivity contribution >= 4 is 35.2 Å². The fourth-order valence-electron chi connectivity index (χ4n) is 2.30. The van der Waals surface area contributed by atoms with Crippen LogP contribution in [0.25, 0.3) is 6.08 Å². The van der Waals surface area contributed by atoms with Crippen molar-refractivity contribution in [3.63, 3.8) is 0 Å². The average molecular weight is 308 g/mol. The first-order chi connectivity index (χ1) is 9.99. The van der Waals surface area contributed by atoms with Crippen LogP contribution >= 0.6 is 11.8 Å². The third-order valence-electron chi connectivity index (χ3n) is 3.46. The van der Waals surface area contributed by atoms with E-state index < -0.39 is 10.9 Å². The van der Waals surface area contributed by atoms with Crippen LogP contribution in [0.3, 0.4) is 0 Å². The van der Waals surface area contributed by atoms with Crippen molar-refractivity contribution in [1.29, 1.82) is 0 Å². The van der Waals surface area contributed by atoms with Gasteiger partial charge in [-0.05, 0) is 24.3 Å². The average Bonchev–Trinajstić information content (AvgIpc) is 2.98. The zero-order chi connectivity index (χ0) is 15.4. The van der Waals surface area contributed by atoms with Gasteiger partial charge < -0.3 is 10.0 Å². The molecule has 21 heavy (non-hydrogen) atoms. The molecule has 1 aliphatic rings. The summed E-state index contributed by atoms with van der Waals surface area (Å²) >= 11 is 1.88. The molecule has 1 aliphatic heterocycles. The van der Waals surface area contributed by atoms with E-state index >= 15 is 0 Å². The number of thioether (sulfide) groups is 1. The second kappa shape index (κ2) is 6.62. The number of carbonyl (C=O) groups is 1. The Labute approximate surface area is 126 Å². The molecule has 1 heterocycles. The van der Waals surface area contributed by atoms with Gasteiger partial charge >= 0.3 is 5.97 Å². The number of hydrogen-bond donors (Lipinski definition) is 1. The van der Waals surface area contributed by atoms with Gasteiger partial charge in [0.1, 0.15) is 0 Å². The second-order valence-corrected chi connectivity index (χ2v) is 5.95. The van der Waals surface area contributed by atoms with Crippen LogP contribution in [0.5, 0.6) is 0 Å². The third kappa shape index (κ3) is 3.75. The van der Waals surface area contributed by atoms with E-state index in [0.29, 0.717) is 11.6 Å². The number of benzene rings is 1. The van der Waals surface area contributed by atoms with Gasteiger partial charge in [0.15, 0.2) is 0 Å². The molecule has 0 saturated carbocycles. The summed E-state index contributed by atoms with van der Waals surface area (Å²) in [5, 5.41) is 19.6. The van der Waals surface area contributed by atoms with Crippen molar-refractivity contribution < 1.29 is 14.8 Å². The normalized spacial score (nSPS) is 18.0. The summed E-state index contributed by atoms with van der Waals surface area (Å²) in [7, 11) is 1.94. The lowest BCUT2D eigenvalue weighted by Gasteiger charge is -2.27. The highest BCUT2D eigenvalue weighted by Gasteiger charge is 2.22. The van der Waals surface area contributed by atoms with Crippen molar-refractivity contribution in [2.24, 2.45) is 0 Å². The molecule has 2 rings (SSSR count). The van der Waals surface area contributed by atoms with Crippen molar-refractivity contribution in [1.82, 2.24) is 0 Å². The molecule has 1 saturated heterocycles. The van der Waals surface area contributed by atoms with E-state index in [4.69, 9.17) is 5.11 Å². The lowest BCUT2D eigenvalue weighted by Crippen LogP contribution is -2.31. The van der Waals surface area contributed by atoms with Gasteiger partial charge in [-0.1, -0.05) is 0 Å². The van der Waals surface area contributed by atoms with E-state index in [0.717, 1.165) is 29.7 Å². The number of rotatable bonds is 5. The van der Waals surface area contributed by atoms with Gasteiger partial charge in [-0.15, -0.1) is 0 Å². The highest BCUT2D eigenvalue weighted by molar-refractivity contribution is 7.99. The summed E-state index contributed by atoms with van der Waals surface area (Å²) in [6.07, 6.45) is 3.46. The van der Waals surface area contributed by atoms with E-state index in [1.165, 1.54) is 18.2 Å². The van der Waals surface area contributed by atoms with Crippen molar-refractivity contribution in [2.75, 3.05) is 23.5 Å². The molecule has 1 fully saturated rings. The molecule has 0 aliphatic carbocycles. The minimum absolute atomic E-state index is 0.0435. The van der Waals surface area contributed by atoms with Crippen molar-refractivity contribution in [3.05, 3.63) is 40.0 Å². The molecule has 0 spiro atoms. The Bertz CT molecular complexity index is 582. The number of hydrogen-bond acceptors (Lipinski definition) is 5. The maximum Gasteiger partial charge on any atom is 0.328 e. The van der Waals surface area contributed by atoms with Crippen LogP contribution in [0.4, 0.5) is 11.4 Å². The van der Waals surface area contributed by atoms with Gasteiger partial charge in [-0.25, -0.2) is 4.79 Å². The largest absolute Gasteiger partial charge is 0.478 e. The Kier molecular flexibility index (Phi) is 4.85. The molecule has 1 atom stereocenters. The molecule has 1 aromatic carbocycles. The van der Waals surface area contributed by atoms with Gasteiger partial charge in [-0.3, -0.25) is 10.1 Å². The van der Waals surface area contributed by atoms with Gasteiger partial charge in [0.25, 0.3) is 5.69 Å². The molecular formula is C14H16N2O4S. The molecule has 7 heteroatoms. The minimum Gasteiger partial charge on any atom is -0.478 e. The highest BCUT2D eigenvalue weighted by Crippen LogP contribution is 2.31. The Morgan fingerprint density at radius 1 is 1.57 bits per heavy atom. The number of nitro groups is 1. The van der Waals surface area contributed by atoms with E-state index in [1.807, 2.05) is 18.8 Å². The fraction of sp³-hybridized carbons (Fsp3) is 0.357. The third-order valence-corrected chi connectivity index (χ3v) is 4.61. The van der Waals surface area contributed by atoms with Crippen LogP contribution in [-0.2, 0) is 4.79 Å². The van der Waals surface area contributed by atoms with E-state index in [2.05, 4.69) is 4.90 Å². The SMILES string of the molecule is CN(c1ccc([N+](=O)[O-])cc1/C=C/C(=O)O)C1CCSC1. The standard InChI is InChI=1S/C14H16N2O4S/c1-15(12-6-7-21-9-12)13-4-3-11(16(19)20)8-10(13)2-5-14(17)18/h2-5,8,12H,6-7,9H2,1H3,(H,17,18)/b5-2+. The summed E-state index contributed by atoms with van der Waals surface area (Å²) in [5.41, 5.74) is 1.31. The van der Waals surface area contributed by atoms with Crippen molar-refractivity contribution in [3.8, 4) is 0 Å². The van der Waals surface area contributed by atoms with Gasteiger partial charge in [0, 0.05) is 48.3 Å². The molecule has 0 aromatic heterocycles. The lowest BCUT2D eigenvalue weighted by atomic mass is 10.1. The van der Waals surface area contributed by atoms with Crippen LogP contribution < -0.4 is 4.90 Å². The summed E-state index contributed by atoms with van der Waals surface area (Å²) in [4.78, 5) is 23.2. The number of carboxylic acid groups (broad SMARTS) is 1. The molecular weight excluding hydrogens is 292 g/mol. The van der Waals surface area contributed by atoms with Gasteiger partial charge in [-0.2, -0.15) is 11.8 Å². The van der Waals surface area contributed by atoms with Crippen LogP contribution in [0.1, 0.15) is 12.0 Å². The summed E-state index contributed by atoms with van der Waals surface area (Å²) in [6, 6.07) is 4.91. The predicted molar refractivity (Wildman–Crippen MR) is 83.9 cm³/mol. The fourth-order valence-corrected chi connectivity index (χ4v) is 3.56. The van der Waals surface area contributed by atoms with Gasteiger partial charge in [0.2, 0.25) is 0 Å². The van der Waals surface area contributed by atoms with E-state index in [-0.39, 0.29) is 5.69 Å². The molecule has 1 aromatic rings. The van der Waals surface area contributed by atoms with E-state index in [9.17, 15) is 14.9 Å². The summed E-state index contributed by atoms with van der Waals surface area (Å²) < 4.78 is 0. The smallest absolute Gasteiger partial charge is 0.328 e. The maximum atomic E-state index is 10.9. The Hall–Kier alpha value is -2.02. The number of anilines is 1. The maximum absolute atomic E-state index is 10.9. The molecule has 0 bridgehead atoms. The number of carboxylic acids is 1. The molecule has 0 amide bonds. The Morgan fingerprint density at radius 2 is 2.33 bits per heavy atom. The van der Waals surface area contributed by atoms with Crippen molar-refractivity contribution in [2.45, 2.75) is 12.5 Å². The van der Waals surface area contributed by atoms with Crippen LogP contribution in [0.15, 0.2) is 24.3 Å². The first-order valence-electron chi connectivity index (χ1n) is 6.49. The van der Waals surface area contributed by atoms with E-state index in [1.54, 1.807) is 6.07 Å². The highest BCUT2D eigenvalue weighted by atomic mass is 32.2. The Balaban J connectivity index is 2.38. The number of nitro benzene ring substituents is 1. The quantitative estimate of drug-likeness (QED) is 0.511. The van der Waals surface area contributed by atoms with Crippen LogP contribution in [-0.4, -0.2) is 40.6 Å². The lowest BCUT2D eigenvalue weighted by molar-refractivity contribution is -0.384. The minimum atomic E-state index is -1.08. The predicted octanol–water partition coefficient (Wildman–Crippen LogP) is 2.63.